The molecule has 3 heterocycles. The Bertz CT molecular complexity index is 1110. The molecule has 0 radical (unpaired) electrons. The van der Waals surface area contributed by atoms with Crippen molar-refractivity contribution in [3.8, 4) is 0 Å². The number of hydrogen-bond acceptors (Lipinski definition) is 8. The van der Waals surface area contributed by atoms with E-state index in [4.69, 9.17) is 4.74 Å². The summed E-state index contributed by atoms with van der Waals surface area (Å²) in [5.41, 5.74) is 2.20. The van der Waals surface area contributed by atoms with E-state index in [0.717, 1.165) is 37.8 Å². The summed E-state index contributed by atoms with van der Waals surface area (Å²) in [5, 5.41) is 31.5. The number of nitrogens with one attached hydrogen (secondary N) is 2. The lowest BCUT2D eigenvalue weighted by Crippen LogP contribution is -2.53. The average molecular weight is 455 g/mol. The molecule has 1 amide bonds. The number of carbonyl (C=O) groups is 1. The van der Waals surface area contributed by atoms with Gasteiger partial charge in [-0.3, -0.25) is 4.79 Å². The molecular formula is C23H30N6O4. The van der Waals surface area contributed by atoms with Gasteiger partial charge in [0.1, 0.15) is 11.4 Å². The van der Waals surface area contributed by atoms with Crippen LogP contribution in [0.4, 0.5) is 5.82 Å². The maximum Gasteiger partial charge on any atom is 0.256 e. The summed E-state index contributed by atoms with van der Waals surface area (Å²) in [7, 11) is 1.70. The molecule has 5 atom stereocenters. The Labute approximate surface area is 191 Å². The number of carbonyl (C=O) groups excluding carboxylic acids is 1. The number of anilines is 1. The highest BCUT2D eigenvalue weighted by Crippen LogP contribution is 2.31. The number of aromatic nitrogens is 3. The Balaban J connectivity index is 1.35. The third-order valence-electron chi connectivity index (χ3n) is 6.90. The molecule has 2 aromatic heterocycles. The smallest absolute Gasteiger partial charge is 0.256 e. The molecule has 0 spiro atoms. The molecule has 1 unspecified atom stereocenters. The SMILES string of the molecule is CO[C@@H]1CC[C@@H](NC(=O)c2cnn3c(C)cc(NC4=CC=CN([C@H]5CC[C@H]5O)C4O)nc23)C1. The van der Waals surface area contributed by atoms with Crippen LogP contribution in [-0.4, -0.2) is 73.2 Å². The van der Waals surface area contributed by atoms with Gasteiger partial charge in [-0.05, 0) is 51.2 Å². The van der Waals surface area contributed by atoms with Crippen molar-refractivity contribution in [3.63, 3.8) is 0 Å². The lowest BCUT2D eigenvalue weighted by Gasteiger charge is -2.44. The molecule has 4 N–H and O–H groups in total. The second kappa shape index (κ2) is 8.77. The fraction of sp³-hybridized carbons (Fsp3) is 0.522. The summed E-state index contributed by atoms with van der Waals surface area (Å²) in [5.74, 6) is 0.297. The van der Waals surface area contributed by atoms with Crippen molar-refractivity contribution in [2.75, 3.05) is 12.4 Å². The maximum absolute atomic E-state index is 13.0. The van der Waals surface area contributed by atoms with Crippen molar-refractivity contribution in [1.82, 2.24) is 24.8 Å². The summed E-state index contributed by atoms with van der Waals surface area (Å²) in [4.78, 5) is 19.4. The van der Waals surface area contributed by atoms with E-state index in [-0.39, 0.29) is 24.1 Å². The van der Waals surface area contributed by atoms with Crippen molar-refractivity contribution in [2.45, 2.75) is 69.5 Å². The van der Waals surface area contributed by atoms with Crippen LogP contribution in [0.15, 0.2) is 36.3 Å². The first-order valence-corrected chi connectivity index (χ1v) is 11.4. The Kier molecular flexibility index (Phi) is 5.81. The second-order valence-corrected chi connectivity index (χ2v) is 9.04. The Hall–Kier alpha value is -2.95. The van der Waals surface area contributed by atoms with Gasteiger partial charge >= 0.3 is 0 Å². The predicted octanol–water partition coefficient (Wildman–Crippen LogP) is 1.30. The van der Waals surface area contributed by atoms with E-state index in [1.807, 2.05) is 19.1 Å². The highest BCUT2D eigenvalue weighted by atomic mass is 16.5. The van der Waals surface area contributed by atoms with Crippen LogP contribution in [-0.2, 0) is 4.74 Å². The van der Waals surface area contributed by atoms with Gasteiger partial charge in [0.05, 0.1) is 30.1 Å². The number of methoxy groups -OCH3 is 1. The maximum atomic E-state index is 13.0. The molecule has 0 bridgehead atoms. The number of allylic oxidation sites excluding steroid dienone is 2. The van der Waals surface area contributed by atoms with Crippen molar-refractivity contribution in [2.24, 2.45) is 0 Å². The average Bonchev–Trinajstić information content (AvgIpc) is 3.42. The molecule has 2 saturated carbocycles. The third-order valence-corrected chi connectivity index (χ3v) is 6.90. The van der Waals surface area contributed by atoms with E-state index in [9.17, 15) is 15.0 Å². The van der Waals surface area contributed by atoms with Gasteiger partial charge in [0.25, 0.3) is 5.91 Å². The Morgan fingerprint density at radius 3 is 2.79 bits per heavy atom. The number of hydrogen-bond donors (Lipinski definition) is 4. The molecule has 10 heteroatoms. The zero-order valence-corrected chi connectivity index (χ0v) is 18.8. The van der Waals surface area contributed by atoms with Gasteiger partial charge < -0.3 is 30.5 Å². The summed E-state index contributed by atoms with van der Waals surface area (Å²) in [6.45, 7) is 1.89. The van der Waals surface area contributed by atoms with E-state index < -0.39 is 12.3 Å². The molecule has 2 fully saturated rings. The molecule has 1 aliphatic heterocycles. The highest BCUT2D eigenvalue weighted by Gasteiger charge is 2.37. The van der Waals surface area contributed by atoms with Crippen LogP contribution in [0.1, 0.15) is 48.2 Å². The lowest BCUT2D eigenvalue weighted by molar-refractivity contribution is -0.0597. The molecule has 0 aromatic carbocycles. The highest BCUT2D eigenvalue weighted by molar-refractivity contribution is 6.00. The van der Waals surface area contributed by atoms with Crippen LogP contribution >= 0.6 is 0 Å². The summed E-state index contributed by atoms with van der Waals surface area (Å²) in [6.07, 6.45) is 9.95. The van der Waals surface area contributed by atoms with E-state index in [1.165, 1.54) is 6.20 Å². The summed E-state index contributed by atoms with van der Waals surface area (Å²) >= 11 is 0. The first kappa shape index (κ1) is 21.9. The quantitative estimate of drug-likeness (QED) is 0.515. The van der Waals surface area contributed by atoms with Crippen molar-refractivity contribution >= 4 is 17.4 Å². The number of fused-ring (bicyclic) bond motifs is 1. The van der Waals surface area contributed by atoms with Gasteiger partial charge in [-0.2, -0.15) is 5.10 Å². The number of aryl methyl sites for hydroxylation is 1. The second-order valence-electron chi connectivity index (χ2n) is 9.04. The summed E-state index contributed by atoms with van der Waals surface area (Å²) in [6, 6.07) is 1.79. The molecule has 5 rings (SSSR count). The van der Waals surface area contributed by atoms with Crippen LogP contribution in [0.25, 0.3) is 5.65 Å². The van der Waals surface area contributed by atoms with Crippen LogP contribution < -0.4 is 10.6 Å². The van der Waals surface area contributed by atoms with E-state index in [2.05, 4.69) is 20.7 Å². The predicted molar refractivity (Wildman–Crippen MR) is 121 cm³/mol. The van der Waals surface area contributed by atoms with Gasteiger partial charge in [0, 0.05) is 31.1 Å². The largest absolute Gasteiger partial charge is 0.391 e. The standard InChI is InChI=1S/C23H30N6O4/c1-13-10-20(26-17-4-3-9-28(23(17)32)18-7-8-19(18)30)27-21-16(12-24-29(13)21)22(31)25-14-5-6-15(11-14)33-2/h3-4,9-10,12,14-15,18-19,23,30,32H,5-8,11H2,1-2H3,(H,25,31)(H,26,27)/t14-,15-,18+,19-,23?/m1/s1. The van der Waals surface area contributed by atoms with Gasteiger partial charge in [-0.25, -0.2) is 9.50 Å². The van der Waals surface area contributed by atoms with E-state index >= 15 is 0 Å². The molecule has 10 nitrogen and oxygen atoms in total. The fourth-order valence-electron chi connectivity index (χ4n) is 4.82. The Morgan fingerprint density at radius 1 is 1.24 bits per heavy atom. The minimum absolute atomic E-state index is 0.0713. The van der Waals surface area contributed by atoms with Gasteiger partial charge in [0.15, 0.2) is 11.9 Å². The number of rotatable bonds is 6. The van der Waals surface area contributed by atoms with Crippen molar-refractivity contribution in [1.29, 1.82) is 0 Å². The van der Waals surface area contributed by atoms with Crippen molar-refractivity contribution < 1.29 is 19.7 Å². The molecular weight excluding hydrogens is 424 g/mol. The van der Waals surface area contributed by atoms with Gasteiger partial charge in [-0.15, -0.1) is 0 Å². The topological polar surface area (TPSA) is 124 Å². The Morgan fingerprint density at radius 2 is 2.09 bits per heavy atom. The molecule has 176 valence electrons. The number of aliphatic hydroxyl groups is 2. The zero-order chi connectivity index (χ0) is 23.1. The molecule has 2 aliphatic carbocycles. The zero-order valence-electron chi connectivity index (χ0n) is 18.8. The van der Waals surface area contributed by atoms with Crippen LogP contribution in [0.5, 0.6) is 0 Å². The van der Waals surface area contributed by atoms with E-state index in [0.29, 0.717) is 22.7 Å². The van der Waals surface area contributed by atoms with Crippen LogP contribution in [0.2, 0.25) is 0 Å². The number of amides is 1. The van der Waals surface area contributed by atoms with Gasteiger partial charge in [-0.1, -0.05) is 0 Å². The van der Waals surface area contributed by atoms with Gasteiger partial charge in [0.2, 0.25) is 0 Å². The third kappa shape index (κ3) is 4.09. The lowest BCUT2D eigenvalue weighted by atomic mass is 9.87. The summed E-state index contributed by atoms with van der Waals surface area (Å²) < 4.78 is 7.03. The van der Waals surface area contributed by atoms with E-state index in [1.54, 1.807) is 28.8 Å². The van der Waals surface area contributed by atoms with Crippen LogP contribution in [0, 0.1) is 6.92 Å². The first-order chi connectivity index (χ1) is 15.9. The molecule has 2 aromatic rings. The first-order valence-electron chi connectivity index (χ1n) is 11.4. The number of aliphatic hydroxyl groups excluding tert-OH is 2. The van der Waals surface area contributed by atoms with Crippen LogP contribution in [0.3, 0.4) is 0 Å². The minimum Gasteiger partial charge on any atom is -0.391 e. The fourth-order valence-corrected chi connectivity index (χ4v) is 4.82. The molecule has 3 aliphatic rings. The molecule has 0 saturated heterocycles. The minimum atomic E-state index is -0.919. The number of nitrogens with zero attached hydrogens (tertiary/aromatic N) is 4. The molecule has 33 heavy (non-hydrogen) atoms. The van der Waals surface area contributed by atoms with Crippen molar-refractivity contribution in [3.05, 3.63) is 47.6 Å². The normalized spacial score (nSPS) is 29.2. The number of ether oxygens (including phenoxy) is 1. The monoisotopic (exact) mass is 454 g/mol.